The Hall–Kier alpha value is -2.49. The van der Waals surface area contributed by atoms with Crippen LogP contribution in [0.5, 0.6) is 11.5 Å². The lowest BCUT2D eigenvalue weighted by Crippen LogP contribution is -2.41. The summed E-state index contributed by atoms with van der Waals surface area (Å²) in [7, 11) is 1.66. The fourth-order valence-electron chi connectivity index (χ4n) is 3.12. The lowest BCUT2D eigenvalue weighted by molar-refractivity contribution is -0.136. The number of hydrogen-bond acceptors (Lipinski definition) is 3. The van der Waals surface area contributed by atoms with Gasteiger partial charge in [0, 0.05) is 6.54 Å². The molecule has 0 radical (unpaired) electrons. The van der Waals surface area contributed by atoms with Crippen molar-refractivity contribution in [1.29, 1.82) is 0 Å². The predicted octanol–water partition coefficient (Wildman–Crippen LogP) is 3.53. The van der Waals surface area contributed by atoms with Crippen LogP contribution in [0.15, 0.2) is 42.5 Å². The van der Waals surface area contributed by atoms with Crippen LogP contribution in [0.4, 0.5) is 0 Å². The largest absolute Gasteiger partial charge is 0.497 e. The molecule has 126 valence electrons. The van der Waals surface area contributed by atoms with E-state index in [1.165, 1.54) is 11.1 Å². The molecule has 0 bridgehead atoms. The molecule has 1 heterocycles. The first-order chi connectivity index (χ1) is 11.6. The molecule has 0 aliphatic carbocycles. The molecule has 1 amide bonds. The number of hydrogen-bond donors (Lipinski definition) is 0. The van der Waals surface area contributed by atoms with Crippen molar-refractivity contribution in [2.24, 2.45) is 0 Å². The highest BCUT2D eigenvalue weighted by atomic mass is 16.5. The smallest absolute Gasteiger partial charge is 0.261 e. The van der Waals surface area contributed by atoms with E-state index in [-0.39, 0.29) is 18.6 Å². The van der Waals surface area contributed by atoms with Crippen molar-refractivity contribution >= 4 is 5.91 Å². The van der Waals surface area contributed by atoms with Gasteiger partial charge in [0.2, 0.25) is 0 Å². The summed E-state index contributed by atoms with van der Waals surface area (Å²) in [5.41, 5.74) is 3.61. The van der Waals surface area contributed by atoms with Crippen molar-refractivity contribution in [3.8, 4) is 11.5 Å². The van der Waals surface area contributed by atoms with Crippen molar-refractivity contribution in [1.82, 2.24) is 4.90 Å². The quantitative estimate of drug-likeness (QED) is 0.863. The van der Waals surface area contributed by atoms with Crippen LogP contribution >= 0.6 is 0 Å². The van der Waals surface area contributed by atoms with Crippen LogP contribution in [-0.4, -0.2) is 31.1 Å². The van der Waals surface area contributed by atoms with Crippen LogP contribution in [-0.2, 0) is 11.2 Å². The second-order valence-corrected chi connectivity index (χ2v) is 6.18. The van der Waals surface area contributed by atoms with Crippen LogP contribution < -0.4 is 9.47 Å². The molecule has 4 nitrogen and oxygen atoms in total. The zero-order valence-corrected chi connectivity index (χ0v) is 14.4. The molecule has 0 N–H and O–H groups in total. The summed E-state index contributed by atoms with van der Waals surface area (Å²) in [6.45, 7) is 4.86. The molecule has 1 atom stereocenters. The van der Waals surface area contributed by atoms with Crippen molar-refractivity contribution in [2.75, 3.05) is 20.3 Å². The number of ether oxygens (including phenoxy) is 2. The van der Waals surface area contributed by atoms with E-state index < -0.39 is 0 Å². The van der Waals surface area contributed by atoms with Gasteiger partial charge in [0.15, 0.2) is 6.61 Å². The summed E-state index contributed by atoms with van der Waals surface area (Å²) in [6.07, 6.45) is 0.861. The molecule has 2 aromatic rings. The number of benzene rings is 2. The number of amides is 1. The highest BCUT2D eigenvalue weighted by Gasteiger charge is 2.28. The normalized spacial score (nSPS) is 16.5. The number of fused-ring (bicyclic) bond motifs is 1. The molecular formula is C20H23NO3. The van der Waals surface area contributed by atoms with Gasteiger partial charge in [0.05, 0.1) is 13.2 Å². The zero-order chi connectivity index (χ0) is 17.1. The summed E-state index contributed by atoms with van der Waals surface area (Å²) in [5, 5.41) is 0. The van der Waals surface area contributed by atoms with E-state index in [0.717, 1.165) is 30.0 Å². The molecule has 4 heteroatoms. The molecule has 2 aromatic carbocycles. The number of carbonyl (C=O) groups excluding carboxylic acids is 1. The van der Waals surface area contributed by atoms with Crippen LogP contribution in [0.2, 0.25) is 0 Å². The van der Waals surface area contributed by atoms with E-state index in [9.17, 15) is 4.79 Å². The first-order valence-electron chi connectivity index (χ1n) is 8.24. The van der Waals surface area contributed by atoms with Crippen molar-refractivity contribution in [3.63, 3.8) is 0 Å². The summed E-state index contributed by atoms with van der Waals surface area (Å²) in [6, 6.07) is 13.9. The Labute approximate surface area is 143 Å². The Balaban J connectivity index is 1.68. The number of methoxy groups -OCH3 is 1. The Morgan fingerprint density at radius 3 is 2.58 bits per heavy atom. The van der Waals surface area contributed by atoms with E-state index in [2.05, 4.69) is 13.0 Å². The predicted molar refractivity (Wildman–Crippen MR) is 93.5 cm³/mol. The fourth-order valence-corrected chi connectivity index (χ4v) is 3.12. The Kier molecular flexibility index (Phi) is 4.74. The van der Waals surface area contributed by atoms with Gasteiger partial charge < -0.3 is 14.4 Å². The molecular weight excluding hydrogens is 302 g/mol. The van der Waals surface area contributed by atoms with Gasteiger partial charge in [0.25, 0.3) is 5.91 Å². The number of rotatable bonds is 4. The van der Waals surface area contributed by atoms with E-state index in [1.807, 2.05) is 48.2 Å². The average molecular weight is 325 g/mol. The highest BCUT2D eigenvalue weighted by Crippen LogP contribution is 2.32. The summed E-state index contributed by atoms with van der Waals surface area (Å²) in [4.78, 5) is 14.5. The van der Waals surface area contributed by atoms with Crippen LogP contribution in [0.1, 0.15) is 29.7 Å². The van der Waals surface area contributed by atoms with Gasteiger partial charge in [-0.2, -0.15) is 0 Å². The second kappa shape index (κ2) is 6.95. The first kappa shape index (κ1) is 16.4. The summed E-state index contributed by atoms with van der Waals surface area (Å²) >= 11 is 0. The third-order valence-corrected chi connectivity index (χ3v) is 4.60. The minimum atomic E-state index is 0.0107. The SMILES string of the molecule is COc1ccc2c(c1)C(C)N(C(=O)COc1ccc(C)cc1)CC2. The van der Waals surface area contributed by atoms with Crippen LogP contribution in [0, 0.1) is 6.92 Å². The maximum absolute atomic E-state index is 12.6. The molecule has 0 fully saturated rings. The average Bonchev–Trinajstić information content (AvgIpc) is 2.61. The fraction of sp³-hybridized carbons (Fsp3) is 0.350. The molecule has 3 rings (SSSR count). The minimum absolute atomic E-state index is 0.0107. The highest BCUT2D eigenvalue weighted by molar-refractivity contribution is 5.78. The maximum atomic E-state index is 12.6. The molecule has 1 aliphatic rings. The van der Waals surface area contributed by atoms with E-state index in [0.29, 0.717) is 0 Å². The van der Waals surface area contributed by atoms with Crippen LogP contribution in [0.3, 0.4) is 0 Å². The van der Waals surface area contributed by atoms with Crippen molar-refractivity contribution < 1.29 is 14.3 Å². The number of nitrogens with zero attached hydrogens (tertiary/aromatic N) is 1. The standard InChI is InChI=1S/C20H23NO3/c1-14-4-7-17(8-5-14)24-13-20(22)21-11-10-16-6-9-18(23-3)12-19(16)15(21)2/h4-9,12,15H,10-11,13H2,1-3H3. The van der Waals surface area contributed by atoms with Crippen molar-refractivity contribution in [2.45, 2.75) is 26.3 Å². The molecule has 1 aliphatic heterocycles. The third kappa shape index (κ3) is 3.37. The maximum Gasteiger partial charge on any atom is 0.261 e. The van der Waals surface area contributed by atoms with Gasteiger partial charge in [-0.25, -0.2) is 0 Å². The number of carbonyl (C=O) groups is 1. The second-order valence-electron chi connectivity index (χ2n) is 6.18. The van der Waals surface area contributed by atoms with Gasteiger partial charge >= 0.3 is 0 Å². The van der Waals surface area contributed by atoms with Gasteiger partial charge in [-0.15, -0.1) is 0 Å². The Morgan fingerprint density at radius 2 is 1.88 bits per heavy atom. The first-order valence-corrected chi connectivity index (χ1v) is 8.24. The number of aryl methyl sites for hydroxylation is 1. The van der Waals surface area contributed by atoms with Gasteiger partial charge in [0.1, 0.15) is 11.5 Å². The summed E-state index contributed by atoms with van der Waals surface area (Å²) < 4.78 is 11.0. The van der Waals surface area contributed by atoms with E-state index >= 15 is 0 Å². The molecule has 0 spiro atoms. The Morgan fingerprint density at radius 1 is 1.17 bits per heavy atom. The monoisotopic (exact) mass is 325 g/mol. The van der Waals surface area contributed by atoms with Crippen molar-refractivity contribution in [3.05, 3.63) is 59.2 Å². The van der Waals surface area contributed by atoms with Crippen LogP contribution in [0.25, 0.3) is 0 Å². The lowest BCUT2D eigenvalue weighted by Gasteiger charge is -2.35. The third-order valence-electron chi connectivity index (χ3n) is 4.60. The molecule has 0 saturated heterocycles. The molecule has 0 aromatic heterocycles. The molecule has 24 heavy (non-hydrogen) atoms. The van der Waals surface area contributed by atoms with Gasteiger partial charge in [-0.3, -0.25) is 4.79 Å². The van der Waals surface area contributed by atoms with E-state index in [1.54, 1.807) is 7.11 Å². The van der Waals surface area contributed by atoms with Gasteiger partial charge in [-0.05, 0) is 55.7 Å². The van der Waals surface area contributed by atoms with E-state index in [4.69, 9.17) is 9.47 Å². The lowest BCUT2D eigenvalue weighted by atomic mass is 9.93. The molecule has 1 unspecified atom stereocenters. The minimum Gasteiger partial charge on any atom is -0.497 e. The Bertz CT molecular complexity index is 724. The summed E-state index contributed by atoms with van der Waals surface area (Å²) in [5.74, 6) is 1.56. The topological polar surface area (TPSA) is 38.8 Å². The zero-order valence-electron chi connectivity index (χ0n) is 14.4. The molecule has 0 saturated carbocycles. The van der Waals surface area contributed by atoms with Gasteiger partial charge in [-0.1, -0.05) is 23.8 Å².